The topological polar surface area (TPSA) is 3.24 Å². The number of nitrogens with zero attached hydrogens (tertiary/aromatic N) is 1. The van der Waals surface area contributed by atoms with E-state index in [2.05, 4.69) is 36.2 Å². The van der Waals surface area contributed by atoms with Crippen molar-refractivity contribution < 1.29 is 0 Å². The second-order valence-corrected chi connectivity index (χ2v) is 7.50. The molecule has 0 amide bonds. The molecule has 3 atom stereocenters. The van der Waals surface area contributed by atoms with Crippen molar-refractivity contribution in [3.05, 3.63) is 69.2 Å². The Kier molecular flexibility index (Phi) is 3.68. The third-order valence-corrected chi connectivity index (χ3v) is 5.80. The number of likely N-dealkylation sites (N-methyl/N-ethyl adjacent to an activating group) is 1. The van der Waals surface area contributed by atoms with Gasteiger partial charge in [0, 0.05) is 28.4 Å². The molecule has 3 unspecified atom stereocenters. The molecule has 0 N–H and O–H groups in total. The second kappa shape index (κ2) is 5.56. The van der Waals surface area contributed by atoms with Crippen molar-refractivity contribution in [1.82, 2.24) is 4.90 Å². The number of likely N-dealkylation sites (tertiary alicyclic amines) is 1. The molecule has 1 heterocycles. The van der Waals surface area contributed by atoms with E-state index in [0.29, 0.717) is 17.8 Å². The summed E-state index contributed by atoms with van der Waals surface area (Å²) >= 11 is 12.4. The zero-order valence-corrected chi connectivity index (χ0v) is 14.1. The molecule has 0 aromatic heterocycles. The van der Waals surface area contributed by atoms with E-state index in [1.54, 1.807) is 0 Å². The smallest absolute Gasteiger partial charge is 0.0409 e. The minimum Gasteiger partial charge on any atom is -0.306 e. The average Bonchev–Trinajstić information content (AvgIpc) is 2.81. The number of rotatable bonds is 1. The molecular formula is C19H19Cl2N. The molecule has 1 saturated heterocycles. The van der Waals surface area contributed by atoms with Gasteiger partial charge >= 0.3 is 0 Å². The highest BCUT2D eigenvalue weighted by molar-refractivity contribution is 6.31. The summed E-state index contributed by atoms with van der Waals surface area (Å²) in [7, 11) is 2.22. The van der Waals surface area contributed by atoms with Crippen LogP contribution in [0.4, 0.5) is 0 Å². The molecule has 1 nitrogen and oxygen atoms in total. The quantitative estimate of drug-likeness (QED) is 0.696. The van der Waals surface area contributed by atoms with E-state index >= 15 is 0 Å². The average molecular weight is 332 g/mol. The SMILES string of the molecule is CN1CCC2C(C1)c1ccc(Cl)cc1C2c1ccc(Cl)cc1. The lowest BCUT2D eigenvalue weighted by atomic mass is 9.78. The van der Waals surface area contributed by atoms with Crippen LogP contribution in [-0.4, -0.2) is 25.0 Å². The first-order valence-corrected chi connectivity index (χ1v) is 8.62. The van der Waals surface area contributed by atoms with E-state index in [0.717, 1.165) is 16.6 Å². The van der Waals surface area contributed by atoms with Gasteiger partial charge < -0.3 is 4.90 Å². The van der Waals surface area contributed by atoms with E-state index in [1.165, 1.54) is 29.7 Å². The normalized spacial score (nSPS) is 27.5. The molecule has 1 fully saturated rings. The summed E-state index contributed by atoms with van der Waals surface area (Å²) in [5, 5.41) is 1.64. The number of benzene rings is 2. The van der Waals surface area contributed by atoms with Gasteiger partial charge in [0.25, 0.3) is 0 Å². The van der Waals surface area contributed by atoms with Crippen LogP contribution in [0.5, 0.6) is 0 Å². The zero-order valence-electron chi connectivity index (χ0n) is 12.6. The standard InChI is InChI=1S/C19H19Cl2N/c1-22-9-8-16-18(11-22)15-7-6-14(21)10-17(15)19(16)12-2-4-13(20)5-3-12/h2-7,10,16,18-19H,8-9,11H2,1H3. The molecule has 0 radical (unpaired) electrons. The Hall–Kier alpha value is -1.02. The highest BCUT2D eigenvalue weighted by Crippen LogP contribution is 2.53. The van der Waals surface area contributed by atoms with Gasteiger partial charge in [-0.15, -0.1) is 0 Å². The third kappa shape index (κ3) is 2.36. The predicted octanol–water partition coefficient (Wildman–Crippen LogP) is 5.17. The molecule has 0 spiro atoms. The van der Waals surface area contributed by atoms with Crippen LogP contribution in [0.25, 0.3) is 0 Å². The van der Waals surface area contributed by atoms with Crippen LogP contribution in [0.15, 0.2) is 42.5 Å². The van der Waals surface area contributed by atoms with Crippen LogP contribution >= 0.6 is 23.2 Å². The third-order valence-electron chi connectivity index (χ3n) is 5.31. The molecule has 2 aliphatic rings. The Morgan fingerprint density at radius 1 is 0.955 bits per heavy atom. The maximum atomic E-state index is 6.30. The lowest BCUT2D eigenvalue weighted by molar-refractivity contribution is 0.191. The molecule has 1 aliphatic heterocycles. The van der Waals surface area contributed by atoms with E-state index in [-0.39, 0.29) is 0 Å². The van der Waals surface area contributed by atoms with Crippen molar-refractivity contribution >= 4 is 23.2 Å². The Balaban J connectivity index is 1.83. The fraction of sp³-hybridized carbons (Fsp3) is 0.368. The lowest BCUT2D eigenvalue weighted by Crippen LogP contribution is -2.36. The second-order valence-electron chi connectivity index (χ2n) is 6.62. The van der Waals surface area contributed by atoms with Gasteiger partial charge in [-0.3, -0.25) is 0 Å². The first kappa shape index (κ1) is 14.6. The minimum atomic E-state index is 0.449. The van der Waals surface area contributed by atoms with Crippen LogP contribution in [0, 0.1) is 5.92 Å². The monoisotopic (exact) mass is 331 g/mol. The van der Waals surface area contributed by atoms with Gasteiger partial charge in [-0.25, -0.2) is 0 Å². The van der Waals surface area contributed by atoms with Crippen molar-refractivity contribution in [2.45, 2.75) is 18.3 Å². The molecular weight excluding hydrogens is 313 g/mol. The fourth-order valence-corrected chi connectivity index (χ4v) is 4.65. The molecule has 0 saturated carbocycles. The maximum absolute atomic E-state index is 6.30. The summed E-state index contributed by atoms with van der Waals surface area (Å²) in [6, 6.07) is 14.8. The number of fused-ring (bicyclic) bond motifs is 3. The Labute approximate surface area is 141 Å². The number of hydrogen-bond donors (Lipinski definition) is 0. The lowest BCUT2D eigenvalue weighted by Gasteiger charge is -2.35. The number of piperidine rings is 1. The Morgan fingerprint density at radius 3 is 2.45 bits per heavy atom. The van der Waals surface area contributed by atoms with E-state index in [9.17, 15) is 0 Å². The molecule has 0 bridgehead atoms. The number of halogens is 2. The first-order chi connectivity index (χ1) is 10.6. The first-order valence-electron chi connectivity index (χ1n) is 7.87. The maximum Gasteiger partial charge on any atom is 0.0409 e. The summed E-state index contributed by atoms with van der Waals surface area (Å²) in [4.78, 5) is 2.45. The molecule has 2 aromatic rings. The van der Waals surface area contributed by atoms with Gasteiger partial charge in [0.05, 0.1) is 0 Å². The van der Waals surface area contributed by atoms with Crippen molar-refractivity contribution in [2.24, 2.45) is 5.92 Å². The van der Waals surface area contributed by atoms with Crippen molar-refractivity contribution in [3.8, 4) is 0 Å². The largest absolute Gasteiger partial charge is 0.306 e. The summed E-state index contributed by atoms with van der Waals surface area (Å²) in [6.07, 6.45) is 1.24. The van der Waals surface area contributed by atoms with Gasteiger partial charge in [-0.1, -0.05) is 41.4 Å². The van der Waals surface area contributed by atoms with Gasteiger partial charge in [0.1, 0.15) is 0 Å². The summed E-state index contributed by atoms with van der Waals surface area (Å²) in [5.41, 5.74) is 4.27. The van der Waals surface area contributed by atoms with Crippen LogP contribution in [0.3, 0.4) is 0 Å². The summed E-state index contributed by atoms with van der Waals surface area (Å²) in [6.45, 7) is 2.32. The van der Waals surface area contributed by atoms with Crippen LogP contribution in [0.1, 0.15) is 34.9 Å². The van der Waals surface area contributed by atoms with E-state index in [1.807, 2.05) is 18.2 Å². The van der Waals surface area contributed by atoms with Gasteiger partial charge in [0.2, 0.25) is 0 Å². The highest BCUT2D eigenvalue weighted by Gasteiger charge is 2.43. The highest BCUT2D eigenvalue weighted by atomic mass is 35.5. The van der Waals surface area contributed by atoms with Gasteiger partial charge in [0.15, 0.2) is 0 Å². The number of hydrogen-bond acceptors (Lipinski definition) is 1. The summed E-state index contributed by atoms with van der Waals surface area (Å²) < 4.78 is 0. The fourth-order valence-electron chi connectivity index (χ4n) is 4.34. The van der Waals surface area contributed by atoms with Gasteiger partial charge in [-0.2, -0.15) is 0 Å². The van der Waals surface area contributed by atoms with Crippen molar-refractivity contribution in [1.29, 1.82) is 0 Å². The molecule has 4 rings (SSSR count). The summed E-state index contributed by atoms with van der Waals surface area (Å²) in [5.74, 6) is 1.74. The molecule has 22 heavy (non-hydrogen) atoms. The molecule has 114 valence electrons. The minimum absolute atomic E-state index is 0.449. The van der Waals surface area contributed by atoms with Crippen LogP contribution in [-0.2, 0) is 0 Å². The Bertz CT molecular complexity index is 695. The van der Waals surface area contributed by atoms with Crippen LogP contribution < -0.4 is 0 Å². The van der Waals surface area contributed by atoms with Crippen molar-refractivity contribution in [2.75, 3.05) is 20.1 Å². The molecule has 2 aromatic carbocycles. The Morgan fingerprint density at radius 2 is 1.68 bits per heavy atom. The van der Waals surface area contributed by atoms with E-state index < -0.39 is 0 Å². The van der Waals surface area contributed by atoms with Gasteiger partial charge in [-0.05, 0) is 66.9 Å². The molecule has 1 aliphatic carbocycles. The van der Waals surface area contributed by atoms with E-state index in [4.69, 9.17) is 23.2 Å². The molecule has 3 heteroatoms. The zero-order chi connectivity index (χ0) is 15.3. The predicted molar refractivity (Wildman–Crippen MR) is 93.1 cm³/mol. The van der Waals surface area contributed by atoms with Crippen LogP contribution in [0.2, 0.25) is 10.0 Å². The van der Waals surface area contributed by atoms with Crippen molar-refractivity contribution in [3.63, 3.8) is 0 Å².